The molecule has 0 unspecified atom stereocenters. The fourth-order valence-corrected chi connectivity index (χ4v) is 2.39. The number of piperidine rings is 1. The summed E-state index contributed by atoms with van der Waals surface area (Å²) in [5.74, 6) is -1.17. The smallest absolute Gasteiger partial charge is 0.282 e. The number of halogens is 1. The standard InChI is InChI=1S/C13H16FN3O3/c1-16(10-4-6-15-7-5-10)13(18)11-8-9(14)2-3-12(11)17(19)20/h2-3,8,10,15H,4-7H2,1H3. The van der Waals surface area contributed by atoms with E-state index < -0.39 is 16.6 Å². The number of rotatable bonds is 3. The number of nitro groups is 1. The largest absolute Gasteiger partial charge is 0.338 e. The number of nitro benzene ring substituents is 1. The van der Waals surface area contributed by atoms with Crippen LogP contribution in [0, 0.1) is 15.9 Å². The molecule has 1 amide bonds. The topological polar surface area (TPSA) is 75.5 Å². The summed E-state index contributed by atoms with van der Waals surface area (Å²) in [6.45, 7) is 1.60. The van der Waals surface area contributed by atoms with Gasteiger partial charge in [-0.25, -0.2) is 4.39 Å². The van der Waals surface area contributed by atoms with Gasteiger partial charge >= 0.3 is 0 Å². The van der Waals surface area contributed by atoms with Crippen molar-refractivity contribution in [3.63, 3.8) is 0 Å². The van der Waals surface area contributed by atoms with E-state index in [-0.39, 0.29) is 17.3 Å². The fourth-order valence-electron chi connectivity index (χ4n) is 2.39. The highest BCUT2D eigenvalue weighted by molar-refractivity contribution is 5.98. The zero-order valence-corrected chi connectivity index (χ0v) is 11.1. The molecule has 0 spiro atoms. The Kier molecular flexibility index (Phi) is 4.29. The van der Waals surface area contributed by atoms with E-state index in [1.807, 2.05) is 0 Å². The van der Waals surface area contributed by atoms with Crippen LogP contribution >= 0.6 is 0 Å². The van der Waals surface area contributed by atoms with Crippen LogP contribution in [-0.4, -0.2) is 41.9 Å². The van der Waals surface area contributed by atoms with Gasteiger partial charge in [0.25, 0.3) is 11.6 Å². The van der Waals surface area contributed by atoms with Gasteiger partial charge in [0.1, 0.15) is 11.4 Å². The first-order chi connectivity index (χ1) is 9.50. The van der Waals surface area contributed by atoms with Crippen LogP contribution in [0.1, 0.15) is 23.2 Å². The lowest BCUT2D eigenvalue weighted by Crippen LogP contribution is -2.44. The minimum absolute atomic E-state index is 0.0200. The van der Waals surface area contributed by atoms with Crippen LogP contribution in [0.5, 0.6) is 0 Å². The second kappa shape index (κ2) is 5.96. The van der Waals surface area contributed by atoms with Gasteiger partial charge in [0, 0.05) is 19.2 Å². The van der Waals surface area contributed by atoms with Crippen molar-refractivity contribution in [3.05, 3.63) is 39.7 Å². The Morgan fingerprint density at radius 1 is 1.45 bits per heavy atom. The van der Waals surface area contributed by atoms with Gasteiger partial charge in [0.2, 0.25) is 0 Å². The third-order valence-corrected chi connectivity index (χ3v) is 3.56. The molecule has 2 rings (SSSR count). The van der Waals surface area contributed by atoms with E-state index in [1.165, 1.54) is 4.90 Å². The number of carbonyl (C=O) groups excluding carboxylic acids is 1. The van der Waals surface area contributed by atoms with Gasteiger partial charge in [0.15, 0.2) is 0 Å². The Bertz CT molecular complexity index is 530. The molecule has 0 atom stereocenters. The minimum atomic E-state index is -0.664. The van der Waals surface area contributed by atoms with E-state index in [0.717, 1.165) is 44.1 Å². The molecule has 0 radical (unpaired) electrons. The maximum atomic E-state index is 13.3. The van der Waals surface area contributed by atoms with E-state index in [9.17, 15) is 19.3 Å². The summed E-state index contributed by atoms with van der Waals surface area (Å²) < 4.78 is 13.3. The van der Waals surface area contributed by atoms with Crippen molar-refractivity contribution in [1.29, 1.82) is 0 Å². The molecule has 0 aromatic heterocycles. The summed E-state index contributed by atoms with van der Waals surface area (Å²) in [4.78, 5) is 24.1. The van der Waals surface area contributed by atoms with Gasteiger partial charge in [0.05, 0.1) is 4.92 Å². The lowest BCUT2D eigenvalue weighted by Gasteiger charge is -2.31. The summed E-state index contributed by atoms with van der Waals surface area (Å²) in [7, 11) is 1.60. The van der Waals surface area contributed by atoms with Crippen molar-refractivity contribution < 1.29 is 14.1 Å². The minimum Gasteiger partial charge on any atom is -0.338 e. The van der Waals surface area contributed by atoms with Gasteiger partial charge in [-0.3, -0.25) is 14.9 Å². The summed E-state index contributed by atoms with van der Waals surface area (Å²) in [6.07, 6.45) is 1.57. The molecule has 1 saturated heterocycles. The molecule has 0 saturated carbocycles. The first-order valence-electron chi connectivity index (χ1n) is 6.42. The summed E-state index contributed by atoms with van der Waals surface area (Å²) in [6, 6.07) is 2.96. The van der Waals surface area contributed by atoms with Gasteiger partial charge in [-0.15, -0.1) is 0 Å². The number of carbonyl (C=O) groups is 1. The molecule has 1 heterocycles. The van der Waals surface area contributed by atoms with Crippen LogP contribution in [-0.2, 0) is 0 Å². The fraction of sp³-hybridized carbons (Fsp3) is 0.462. The number of amides is 1. The highest BCUT2D eigenvalue weighted by Gasteiger charge is 2.28. The first-order valence-corrected chi connectivity index (χ1v) is 6.42. The van der Waals surface area contributed by atoms with E-state index in [4.69, 9.17) is 0 Å². The van der Waals surface area contributed by atoms with E-state index in [0.29, 0.717) is 0 Å². The lowest BCUT2D eigenvalue weighted by molar-refractivity contribution is -0.385. The van der Waals surface area contributed by atoms with Crippen molar-refractivity contribution in [3.8, 4) is 0 Å². The Hall–Kier alpha value is -2.02. The SMILES string of the molecule is CN(C(=O)c1cc(F)ccc1[N+](=O)[O-])C1CCNCC1. The van der Waals surface area contributed by atoms with Gasteiger partial charge in [-0.2, -0.15) is 0 Å². The normalized spacial score (nSPS) is 15.9. The maximum Gasteiger partial charge on any atom is 0.282 e. The maximum absolute atomic E-state index is 13.3. The lowest BCUT2D eigenvalue weighted by atomic mass is 10.0. The summed E-state index contributed by atoms with van der Waals surface area (Å²) in [5, 5.41) is 14.1. The molecular weight excluding hydrogens is 265 g/mol. The number of hydrogen-bond acceptors (Lipinski definition) is 4. The Balaban J connectivity index is 2.27. The molecule has 1 aliphatic rings. The molecule has 1 aromatic rings. The monoisotopic (exact) mass is 281 g/mol. The molecule has 20 heavy (non-hydrogen) atoms. The zero-order valence-electron chi connectivity index (χ0n) is 11.1. The second-order valence-electron chi connectivity index (χ2n) is 4.82. The van der Waals surface area contributed by atoms with E-state index >= 15 is 0 Å². The highest BCUT2D eigenvalue weighted by atomic mass is 19.1. The molecule has 1 aromatic carbocycles. The Morgan fingerprint density at radius 2 is 2.10 bits per heavy atom. The first kappa shape index (κ1) is 14.4. The molecular formula is C13H16FN3O3. The van der Waals surface area contributed by atoms with E-state index in [2.05, 4.69) is 5.32 Å². The molecule has 0 aliphatic carbocycles. The van der Waals surface area contributed by atoms with Crippen LogP contribution in [0.25, 0.3) is 0 Å². The van der Waals surface area contributed by atoms with E-state index in [1.54, 1.807) is 7.05 Å². The van der Waals surface area contributed by atoms with Crippen LogP contribution in [0.4, 0.5) is 10.1 Å². The third-order valence-electron chi connectivity index (χ3n) is 3.56. The number of hydrogen-bond donors (Lipinski definition) is 1. The molecule has 6 nitrogen and oxygen atoms in total. The molecule has 7 heteroatoms. The Labute approximate surface area is 115 Å². The quantitative estimate of drug-likeness (QED) is 0.674. The summed E-state index contributed by atoms with van der Waals surface area (Å²) >= 11 is 0. The number of nitrogens with one attached hydrogen (secondary N) is 1. The van der Waals surface area contributed by atoms with Crippen molar-refractivity contribution in [2.24, 2.45) is 0 Å². The zero-order chi connectivity index (χ0) is 14.7. The van der Waals surface area contributed by atoms with Crippen LogP contribution < -0.4 is 5.32 Å². The van der Waals surface area contributed by atoms with Crippen molar-refractivity contribution in [2.45, 2.75) is 18.9 Å². The predicted octanol–water partition coefficient (Wildman–Crippen LogP) is 1.56. The van der Waals surface area contributed by atoms with Crippen LogP contribution in [0.15, 0.2) is 18.2 Å². The molecule has 108 valence electrons. The third kappa shape index (κ3) is 2.93. The number of benzene rings is 1. The predicted molar refractivity (Wildman–Crippen MR) is 71.0 cm³/mol. The van der Waals surface area contributed by atoms with Crippen molar-refractivity contribution in [1.82, 2.24) is 10.2 Å². The van der Waals surface area contributed by atoms with Crippen LogP contribution in [0.3, 0.4) is 0 Å². The number of nitrogens with zero attached hydrogens (tertiary/aromatic N) is 2. The molecule has 0 bridgehead atoms. The Morgan fingerprint density at radius 3 is 2.70 bits per heavy atom. The van der Waals surface area contributed by atoms with Gasteiger partial charge in [-0.1, -0.05) is 0 Å². The summed E-state index contributed by atoms with van der Waals surface area (Å²) in [5.41, 5.74) is -0.562. The average Bonchev–Trinajstić information content (AvgIpc) is 2.46. The van der Waals surface area contributed by atoms with Crippen LogP contribution in [0.2, 0.25) is 0 Å². The molecule has 1 N–H and O–H groups in total. The molecule has 1 aliphatic heterocycles. The van der Waals surface area contributed by atoms with Crippen molar-refractivity contribution >= 4 is 11.6 Å². The average molecular weight is 281 g/mol. The second-order valence-corrected chi connectivity index (χ2v) is 4.82. The van der Waals surface area contributed by atoms with Gasteiger partial charge < -0.3 is 10.2 Å². The highest BCUT2D eigenvalue weighted by Crippen LogP contribution is 2.23. The molecule has 1 fully saturated rings. The van der Waals surface area contributed by atoms with Gasteiger partial charge in [-0.05, 0) is 38.1 Å². The van der Waals surface area contributed by atoms with Crippen molar-refractivity contribution in [2.75, 3.05) is 20.1 Å².